The maximum Gasteiger partial charge on any atom is 0.338 e. The largest absolute Gasteiger partial charge is 0.462 e. The van der Waals surface area contributed by atoms with Gasteiger partial charge in [-0.15, -0.1) is 12.4 Å². The Morgan fingerprint density at radius 3 is 2.56 bits per heavy atom. The molecule has 3 N–H and O–H groups in total. The number of nitrogens with one attached hydrogen (secondary N) is 1. The second kappa shape index (κ2) is 10.1. The molecule has 32 heavy (non-hydrogen) atoms. The number of unbranched alkanes of at least 4 members (excludes halogenated alkanes) is 1. The summed E-state index contributed by atoms with van der Waals surface area (Å²) in [5.74, 6) is 0.146. The Morgan fingerprint density at radius 2 is 1.81 bits per heavy atom. The van der Waals surface area contributed by atoms with Gasteiger partial charge in [-0.25, -0.2) is 4.79 Å². The molecule has 2 aromatic carbocycles. The van der Waals surface area contributed by atoms with Crippen molar-refractivity contribution in [2.75, 3.05) is 12.3 Å². The number of benzene rings is 3. The van der Waals surface area contributed by atoms with Gasteiger partial charge in [-0.2, -0.15) is 0 Å². The van der Waals surface area contributed by atoms with E-state index in [1.165, 1.54) is 0 Å². The van der Waals surface area contributed by atoms with Crippen LogP contribution in [0.4, 0.5) is 5.69 Å². The van der Waals surface area contributed by atoms with Crippen molar-refractivity contribution in [3.8, 4) is 22.5 Å². The van der Waals surface area contributed by atoms with Crippen LogP contribution < -0.4 is 11.1 Å². The van der Waals surface area contributed by atoms with Crippen LogP contribution in [0, 0.1) is 5.41 Å². The summed E-state index contributed by atoms with van der Waals surface area (Å²) in [7, 11) is 0. The van der Waals surface area contributed by atoms with Crippen LogP contribution in [0.5, 0.6) is 0 Å². The van der Waals surface area contributed by atoms with Crippen molar-refractivity contribution >= 4 is 66.9 Å². The number of ether oxygens (including phenoxy) is 1. The summed E-state index contributed by atoms with van der Waals surface area (Å²) in [4.78, 5) is 12.9. The number of esters is 1. The second-order valence-electron chi connectivity index (χ2n) is 7.16. The molecule has 0 fully saturated rings. The fourth-order valence-corrected chi connectivity index (χ4v) is 4.38. The zero-order chi connectivity index (χ0) is 22.1. The molecule has 0 amide bonds. The van der Waals surface area contributed by atoms with Crippen LogP contribution in [0.1, 0.15) is 30.1 Å². The SMILES string of the molecule is CCCCOC(=O)c1ccccc1-c1c2ccc(=N)c(Br)c-2oc2c(Br)c(N)ccc12.Cl. The van der Waals surface area contributed by atoms with E-state index in [1.807, 2.05) is 30.3 Å². The van der Waals surface area contributed by atoms with Crippen LogP contribution in [0.2, 0.25) is 0 Å². The highest BCUT2D eigenvalue weighted by molar-refractivity contribution is 9.11. The van der Waals surface area contributed by atoms with E-state index in [4.69, 9.17) is 20.3 Å². The fourth-order valence-electron chi connectivity index (χ4n) is 3.52. The zero-order valence-corrected chi connectivity index (χ0v) is 21.2. The van der Waals surface area contributed by atoms with Gasteiger partial charge in [-0.1, -0.05) is 31.5 Å². The Balaban J connectivity index is 0.00000289. The molecular formula is C24H21Br2ClN2O3. The van der Waals surface area contributed by atoms with E-state index in [9.17, 15) is 4.79 Å². The fraction of sp³-hybridized carbons (Fsp3) is 0.167. The average molecular weight is 581 g/mol. The quantitative estimate of drug-likeness (QED) is 0.113. The number of hydrogen-bond acceptors (Lipinski definition) is 5. The summed E-state index contributed by atoms with van der Waals surface area (Å²) in [6.07, 6.45) is 1.76. The first-order chi connectivity index (χ1) is 14.9. The Bertz CT molecular complexity index is 1340. The van der Waals surface area contributed by atoms with Gasteiger partial charge in [0, 0.05) is 22.2 Å². The number of hydrogen-bond donors (Lipinski definition) is 2. The Kier molecular flexibility index (Phi) is 7.64. The smallest absolute Gasteiger partial charge is 0.338 e. The maximum absolute atomic E-state index is 12.9. The number of nitrogens with two attached hydrogens (primary N) is 1. The predicted octanol–water partition coefficient (Wildman–Crippen LogP) is 7.17. The van der Waals surface area contributed by atoms with Crippen LogP contribution >= 0.6 is 44.3 Å². The molecule has 0 bridgehead atoms. The standard InChI is InChI=1S/C24H20Br2N2O3.ClH/c1-2-3-12-30-24(29)14-7-5-4-6-13(14)19-15-8-10-17(27)20(25)22(15)31-23-16(19)9-11-18(28)21(23)26;/h4-11,27H,2-3,12,28H2,1H3;1H. The first-order valence-corrected chi connectivity index (χ1v) is 11.5. The van der Waals surface area contributed by atoms with Gasteiger partial charge in [-0.3, -0.25) is 5.41 Å². The number of fused-ring (bicyclic) bond motifs is 2. The van der Waals surface area contributed by atoms with E-state index in [2.05, 4.69) is 38.8 Å². The van der Waals surface area contributed by atoms with Gasteiger partial charge >= 0.3 is 5.97 Å². The first kappa shape index (κ1) is 24.3. The molecule has 1 aliphatic carbocycles. The van der Waals surface area contributed by atoms with Crippen molar-refractivity contribution in [3.63, 3.8) is 0 Å². The lowest BCUT2D eigenvalue weighted by Crippen LogP contribution is -2.09. The van der Waals surface area contributed by atoms with Gasteiger partial charge in [0.1, 0.15) is 0 Å². The van der Waals surface area contributed by atoms with Crippen molar-refractivity contribution in [2.24, 2.45) is 0 Å². The van der Waals surface area contributed by atoms with E-state index in [1.54, 1.807) is 18.2 Å². The molecule has 0 aromatic heterocycles. The number of nitrogen functional groups attached to an aromatic ring is 1. The lowest BCUT2D eigenvalue weighted by molar-refractivity contribution is 0.0500. The minimum atomic E-state index is -0.364. The van der Waals surface area contributed by atoms with Gasteiger partial charge in [0.05, 0.1) is 26.5 Å². The summed E-state index contributed by atoms with van der Waals surface area (Å²) in [6, 6.07) is 14.6. The van der Waals surface area contributed by atoms with Crippen LogP contribution in [0.25, 0.3) is 33.4 Å². The predicted molar refractivity (Wildman–Crippen MR) is 136 cm³/mol. The zero-order valence-electron chi connectivity index (χ0n) is 17.2. The molecule has 5 nitrogen and oxygen atoms in total. The van der Waals surface area contributed by atoms with E-state index in [-0.39, 0.29) is 18.4 Å². The van der Waals surface area contributed by atoms with Crippen molar-refractivity contribution in [1.82, 2.24) is 0 Å². The highest BCUT2D eigenvalue weighted by Gasteiger charge is 2.25. The first-order valence-electron chi connectivity index (χ1n) is 9.88. The molecule has 0 unspecified atom stereocenters. The normalized spacial score (nSPS) is 10.8. The van der Waals surface area contributed by atoms with Crippen LogP contribution in [0.15, 0.2) is 61.9 Å². The molecule has 0 spiro atoms. The topological polar surface area (TPSA) is 89.3 Å². The molecule has 2 aliphatic rings. The summed E-state index contributed by atoms with van der Waals surface area (Å²) < 4.78 is 12.9. The number of anilines is 1. The van der Waals surface area contributed by atoms with E-state index in [0.717, 1.165) is 34.9 Å². The molecule has 0 saturated carbocycles. The van der Waals surface area contributed by atoms with Crippen molar-refractivity contribution in [2.45, 2.75) is 19.8 Å². The van der Waals surface area contributed by atoms with Crippen molar-refractivity contribution < 1.29 is 13.9 Å². The highest BCUT2D eigenvalue weighted by atomic mass is 79.9. The maximum atomic E-state index is 12.9. The van der Waals surface area contributed by atoms with Gasteiger partial charge in [0.2, 0.25) is 0 Å². The number of halogens is 3. The summed E-state index contributed by atoms with van der Waals surface area (Å²) in [5, 5.41) is 9.27. The summed E-state index contributed by atoms with van der Waals surface area (Å²) in [6.45, 7) is 2.43. The third-order valence-corrected chi connectivity index (χ3v) is 6.72. The minimum Gasteiger partial charge on any atom is -0.462 e. The Morgan fingerprint density at radius 1 is 1.06 bits per heavy atom. The molecule has 166 valence electrons. The molecule has 8 heteroatoms. The Labute approximate surface area is 208 Å². The van der Waals surface area contributed by atoms with E-state index in [0.29, 0.717) is 43.5 Å². The molecule has 0 atom stereocenters. The van der Waals surface area contributed by atoms with Gasteiger partial charge in [-0.05, 0) is 74.2 Å². The van der Waals surface area contributed by atoms with Crippen molar-refractivity contribution in [3.05, 3.63) is 68.4 Å². The van der Waals surface area contributed by atoms with Crippen LogP contribution in [-0.2, 0) is 4.74 Å². The number of rotatable bonds is 5. The molecule has 0 saturated heterocycles. The molecule has 1 aliphatic heterocycles. The third kappa shape index (κ3) is 4.29. The molecule has 4 rings (SSSR count). The lowest BCUT2D eigenvalue weighted by Gasteiger charge is -2.19. The highest BCUT2D eigenvalue weighted by Crippen LogP contribution is 2.45. The van der Waals surface area contributed by atoms with Gasteiger partial charge in [0.25, 0.3) is 0 Å². The summed E-state index contributed by atoms with van der Waals surface area (Å²) in [5.41, 5.74) is 9.99. The minimum absolute atomic E-state index is 0. The molecular weight excluding hydrogens is 560 g/mol. The van der Waals surface area contributed by atoms with Crippen LogP contribution in [0.3, 0.4) is 0 Å². The summed E-state index contributed by atoms with van der Waals surface area (Å²) >= 11 is 7.02. The lowest BCUT2D eigenvalue weighted by atomic mass is 9.90. The second-order valence-corrected chi connectivity index (χ2v) is 8.75. The average Bonchev–Trinajstić information content (AvgIpc) is 2.78. The number of carbonyl (C=O) groups is 1. The Hall–Kier alpha value is -2.35. The van der Waals surface area contributed by atoms with E-state index >= 15 is 0 Å². The molecule has 0 radical (unpaired) electrons. The van der Waals surface area contributed by atoms with Crippen LogP contribution in [-0.4, -0.2) is 12.6 Å². The van der Waals surface area contributed by atoms with Crippen molar-refractivity contribution in [1.29, 1.82) is 5.41 Å². The monoisotopic (exact) mass is 578 g/mol. The van der Waals surface area contributed by atoms with E-state index < -0.39 is 0 Å². The van der Waals surface area contributed by atoms with Gasteiger partial charge in [0.15, 0.2) is 11.3 Å². The van der Waals surface area contributed by atoms with Gasteiger partial charge < -0.3 is 14.9 Å². The third-order valence-electron chi connectivity index (χ3n) is 5.11. The number of carbonyl (C=O) groups excluding carboxylic acids is 1. The molecule has 2 aromatic rings. The molecule has 1 heterocycles.